The normalized spacial score (nSPS) is 10.3. The molecule has 0 spiro atoms. The van der Waals surface area contributed by atoms with Crippen LogP contribution < -0.4 is 10.6 Å². The van der Waals surface area contributed by atoms with Gasteiger partial charge in [-0.25, -0.2) is 4.39 Å². The zero-order chi connectivity index (χ0) is 15.4. The van der Waals surface area contributed by atoms with E-state index in [1.165, 1.54) is 6.07 Å². The van der Waals surface area contributed by atoms with Crippen LogP contribution in [0.4, 0.5) is 10.1 Å². The van der Waals surface area contributed by atoms with Gasteiger partial charge >= 0.3 is 0 Å². The first-order chi connectivity index (χ1) is 10.0. The summed E-state index contributed by atoms with van der Waals surface area (Å²) in [6.45, 7) is 2.30. The molecule has 2 rings (SSSR count). The summed E-state index contributed by atoms with van der Waals surface area (Å²) in [5.74, 6) is -0.375. The van der Waals surface area contributed by atoms with Gasteiger partial charge in [0.2, 0.25) is 0 Å². The molecule has 2 aromatic rings. The molecule has 21 heavy (non-hydrogen) atoms. The summed E-state index contributed by atoms with van der Waals surface area (Å²) in [5, 5.41) is 5.77. The molecule has 1 amide bonds. The monoisotopic (exact) mass is 350 g/mol. The van der Waals surface area contributed by atoms with Crippen LogP contribution in [0, 0.1) is 12.7 Å². The van der Waals surface area contributed by atoms with Gasteiger partial charge in [0, 0.05) is 34.9 Å². The number of rotatable bonds is 4. The summed E-state index contributed by atoms with van der Waals surface area (Å²) in [4.78, 5) is 11.5. The molecular formula is C16H16BrFN2O. The van der Waals surface area contributed by atoms with Crippen LogP contribution in [0.25, 0.3) is 0 Å². The zero-order valence-electron chi connectivity index (χ0n) is 11.8. The van der Waals surface area contributed by atoms with Crippen molar-refractivity contribution < 1.29 is 9.18 Å². The van der Waals surface area contributed by atoms with E-state index in [4.69, 9.17) is 0 Å². The van der Waals surface area contributed by atoms with Gasteiger partial charge < -0.3 is 10.6 Å². The number of carbonyl (C=O) groups is 1. The summed E-state index contributed by atoms with van der Waals surface area (Å²) >= 11 is 3.23. The fourth-order valence-corrected chi connectivity index (χ4v) is 2.34. The topological polar surface area (TPSA) is 41.1 Å². The quantitative estimate of drug-likeness (QED) is 0.878. The van der Waals surface area contributed by atoms with Gasteiger partial charge in [-0.15, -0.1) is 0 Å². The first kappa shape index (κ1) is 15.5. The summed E-state index contributed by atoms with van der Waals surface area (Å²) in [6.07, 6.45) is 0. The minimum absolute atomic E-state index is 0.122. The van der Waals surface area contributed by atoms with Crippen LogP contribution in [0.5, 0.6) is 0 Å². The molecule has 0 atom stereocenters. The van der Waals surface area contributed by atoms with E-state index in [2.05, 4.69) is 26.6 Å². The van der Waals surface area contributed by atoms with Crippen molar-refractivity contribution in [3.8, 4) is 0 Å². The lowest BCUT2D eigenvalue weighted by molar-refractivity contribution is 0.0963. The highest BCUT2D eigenvalue weighted by atomic mass is 79.9. The maximum absolute atomic E-state index is 13.7. The molecule has 0 fully saturated rings. The van der Waals surface area contributed by atoms with Crippen molar-refractivity contribution in [1.82, 2.24) is 5.32 Å². The SMILES string of the molecule is CNC(=O)c1ccc(NCc2ccc(Br)cc2F)c(C)c1. The minimum Gasteiger partial charge on any atom is -0.381 e. The number of benzene rings is 2. The number of aryl methyl sites for hydroxylation is 1. The molecule has 2 N–H and O–H groups in total. The number of carbonyl (C=O) groups excluding carboxylic acids is 1. The molecule has 0 aliphatic carbocycles. The number of anilines is 1. The van der Waals surface area contributed by atoms with Gasteiger partial charge in [0.25, 0.3) is 5.91 Å². The molecule has 3 nitrogen and oxygen atoms in total. The molecular weight excluding hydrogens is 335 g/mol. The van der Waals surface area contributed by atoms with Crippen LogP contribution in [0.3, 0.4) is 0 Å². The van der Waals surface area contributed by atoms with Crippen molar-refractivity contribution in [2.45, 2.75) is 13.5 Å². The number of halogens is 2. The highest BCUT2D eigenvalue weighted by molar-refractivity contribution is 9.10. The van der Waals surface area contributed by atoms with E-state index >= 15 is 0 Å². The smallest absolute Gasteiger partial charge is 0.251 e. The molecule has 0 unspecified atom stereocenters. The molecule has 5 heteroatoms. The fraction of sp³-hybridized carbons (Fsp3) is 0.188. The van der Waals surface area contributed by atoms with Gasteiger partial charge in [0.05, 0.1) is 0 Å². The molecule has 0 saturated carbocycles. The van der Waals surface area contributed by atoms with Crippen LogP contribution >= 0.6 is 15.9 Å². The Morgan fingerprint density at radius 1 is 1.24 bits per heavy atom. The average Bonchev–Trinajstić information content (AvgIpc) is 2.46. The van der Waals surface area contributed by atoms with Gasteiger partial charge in [0.15, 0.2) is 0 Å². The molecule has 2 aromatic carbocycles. The Hall–Kier alpha value is -1.88. The second-order valence-corrected chi connectivity index (χ2v) is 5.61. The van der Waals surface area contributed by atoms with E-state index in [0.29, 0.717) is 17.7 Å². The Kier molecular flexibility index (Phi) is 4.96. The maximum atomic E-state index is 13.7. The molecule has 110 valence electrons. The molecule has 0 saturated heterocycles. The fourth-order valence-electron chi connectivity index (χ4n) is 2.00. The Bertz CT molecular complexity index is 673. The molecule has 0 aliphatic rings. The number of nitrogens with one attached hydrogen (secondary N) is 2. The summed E-state index contributed by atoms with van der Waals surface area (Å²) in [7, 11) is 1.60. The predicted octanol–water partition coefficient (Wildman–Crippen LogP) is 3.87. The first-order valence-corrected chi connectivity index (χ1v) is 7.31. The minimum atomic E-state index is -0.253. The zero-order valence-corrected chi connectivity index (χ0v) is 13.4. The predicted molar refractivity (Wildman–Crippen MR) is 86.0 cm³/mol. The lowest BCUT2D eigenvalue weighted by atomic mass is 10.1. The van der Waals surface area contributed by atoms with Gasteiger partial charge in [-0.1, -0.05) is 22.0 Å². The number of amides is 1. The molecule has 0 aliphatic heterocycles. The van der Waals surface area contributed by atoms with Crippen LogP contribution in [-0.2, 0) is 6.54 Å². The average molecular weight is 351 g/mol. The molecule has 0 heterocycles. The van der Waals surface area contributed by atoms with Gasteiger partial charge in [-0.3, -0.25) is 4.79 Å². The van der Waals surface area contributed by atoms with Crippen molar-refractivity contribution in [3.63, 3.8) is 0 Å². The third kappa shape index (κ3) is 3.82. The van der Waals surface area contributed by atoms with E-state index in [9.17, 15) is 9.18 Å². The third-order valence-corrected chi connectivity index (χ3v) is 3.69. The van der Waals surface area contributed by atoms with Crippen molar-refractivity contribution in [3.05, 3.63) is 63.4 Å². The van der Waals surface area contributed by atoms with E-state index in [0.717, 1.165) is 15.7 Å². The lowest BCUT2D eigenvalue weighted by Crippen LogP contribution is -2.17. The molecule has 0 aromatic heterocycles. The van der Waals surface area contributed by atoms with Gasteiger partial charge in [-0.2, -0.15) is 0 Å². The van der Waals surface area contributed by atoms with Crippen molar-refractivity contribution in [2.24, 2.45) is 0 Å². The summed E-state index contributed by atoms with van der Waals surface area (Å²) in [5.41, 5.74) is 3.02. The first-order valence-electron chi connectivity index (χ1n) is 6.52. The molecule has 0 bridgehead atoms. The van der Waals surface area contributed by atoms with E-state index in [-0.39, 0.29) is 11.7 Å². The van der Waals surface area contributed by atoms with E-state index in [1.807, 2.05) is 19.1 Å². The standard InChI is InChI=1S/C16H16BrFN2O/c1-10-7-11(16(21)19-2)4-6-15(10)20-9-12-3-5-13(17)8-14(12)18/h3-8,20H,9H2,1-2H3,(H,19,21). The Morgan fingerprint density at radius 2 is 2.00 bits per heavy atom. The van der Waals surface area contributed by atoms with Gasteiger partial charge in [-0.05, 0) is 42.8 Å². The number of hydrogen-bond acceptors (Lipinski definition) is 2. The third-order valence-electron chi connectivity index (χ3n) is 3.20. The van der Waals surface area contributed by atoms with Crippen LogP contribution in [-0.4, -0.2) is 13.0 Å². The van der Waals surface area contributed by atoms with Crippen molar-refractivity contribution >= 4 is 27.5 Å². The van der Waals surface area contributed by atoms with Crippen molar-refractivity contribution in [2.75, 3.05) is 12.4 Å². The largest absolute Gasteiger partial charge is 0.381 e. The highest BCUT2D eigenvalue weighted by Crippen LogP contribution is 2.20. The second-order valence-electron chi connectivity index (χ2n) is 4.70. The highest BCUT2D eigenvalue weighted by Gasteiger charge is 2.07. The second kappa shape index (κ2) is 6.72. The van der Waals surface area contributed by atoms with E-state index in [1.54, 1.807) is 25.2 Å². The number of hydrogen-bond donors (Lipinski definition) is 2. The van der Waals surface area contributed by atoms with Crippen LogP contribution in [0.1, 0.15) is 21.5 Å². The molecule has 0 radical (unpaired) electrons. The van der Waals surface area contributed by atoms with E-state index < -0.39 is 0 Å². The Labute approximate surface area is 131 Å². The Balaban J connectivity index is 2.11. The summed E-state index contributed by atoms with van der Waals surface area (Å²) in [6, 6.07) is 10.4. The van der Waals surface area contributed by atoms with Crippen LogP contribution in [0.2, 0.25) is 0 Å². The van der Waals surface area contributed by atoms with Gasteiger partial charge in [0.1, 0.15) is 5.82 Å². The van der Waals surface area contributed by atoms with Crippen molar-refractivity contribution in [1.29, 1.82) is 0 Å². The van der Waals surface area contributed by atoms with Crippen LogP contribution in [0.15, 0.2) is 40.9 Å². The Morgan fingerprint density at radius 3 is 2.62 bits per heavy atom. The lowest BCUT2D eigenvalue weighted by Gasteiger charge is -2.11. The summed E-state index contributed by atoms with van der Waals surface area (Å²) < 4.78 is 14.5. The maximum Gasteiger partial charge on any atom is 0.251 e.